The van der Waals surface area contributed by atoms with Crippen LogP contribution in [0.15, 0.2) is 54.7 Å². The number of aromatic nitrogens is 2. The van der Waals surface area contributed by atoms with Crippen LogP contribution in [0.4, 0.5) is 10.2 Å². The van der Waals surface area contributed by atoms with Crippen LogP contribution < -0.4 is 4.74 Å². The summed E-state index contributed by atoms with van der Waals surface area (Å²) in [5.74, 6) is -0.521. The van der Waals surface area contributed by atoms with Gasteiger partial charge in [0.15, 0.2) is 0 Å². The van der Waals surface area contributed by atoms with Gasteiger partial charge < -0.3 is 19.6 Å². The Labute approximate surface area is 154 Å². The molecule has 4 rings (SSSR count). The Balaban J connectivity index is 1.42. The van der Waals surface area contributed by atoms with Crippen LogP contribution in [-0.2, 0) is 17.9 Å². The van der Waals surface area contributed by atoms with Gasteiger partial charge in [0.05, 0.1) is 13.2 Å². The van der Waals surface area contributed by atoms with Crippen molar-refractivity contribution < 1.29 is 18.8 Å². The van der Waals surface area contributed by atoms with E-state index in [9.17, 15) is 14.5 Å². The lowest BCUT2D eigenvalue weighted by Crippen LogP contribution is -2.32. The van der Waals surface area contributed by atoms with Crippen LogP contribution in [0.5, 0.6) is 6.01 Å². The third kappa shape index (κ3) is 3.80. The fourth-order valence-corrected chi connectivity index (χ4v) is 2.98. The maximum absolute atomic E-state index is 13.4. The zero-order chi connectivity index (χ0) is 18.8. The first-order chi connectivity index (χ1) is 13.1. The molecule has 0 N–H and O–H groups in total. The monoisotopic (exact) mass is 369 g/mol. The molecule has 0 bridgehead atoms. The zero-order valence-corrected chi connectivity index (χ0v) is 14.2. The second-order valence-electron chi connectivity index (χ2n) is 6.25. The number of nitrogens with zero attached hydrogens (tertiary/aromatic N) is 3. The van der Waals surface area contributed by atoms with E-state index in [1.807, 2.05) is 30.3 Å². The Morgan fingerprint density at radius 2 is 2.04 bits per heavy atom. The molecule has 0 saturated carbocycles. The molecule has 2 heterocycles. The molecule has 0 amide bonds. The Morgan fingerprint density at radius 1 is 1.26 bits per heavy atom. The summed E-state index contributed by atoms with van der Waals surface area (Å²) in [6.07, 6.45) is 1.10. The number of benzene rings is 2. The van der Waals surface area contributed by atoms with Crippen molar-refractivity contribution in [2.75, 3.05) is 6.61 Å². The lowest BCUT2D eigenvalue weighted by Gasteiger charge is -2.22. The summed E-state index contributed by atoms with van der Waals surface area (Å²) in [7, 11) is 0. The second-order valence-corrected chi connectivity index (χ2v) is 6.25. The van der Waals surface area contributed by atoms with E-state index in [-0.39, 0.29) is 30.4 Å². The lowest BCUT2D eigenvalue weighted by atomic mass is 10.0. The van der Waals surface area contributed by atoms with Crippen molar-refractivity contribution in [3.05, 3.63) is 76.2 Å². The van der Waals surface area contributed by atoms with E-state index >= 15 is 0 Å². The van der Waals surface area contributed by atoms with E-state index in [0.717, 1.165) is 16.7 Å². The highest BCUT2D eigenvalue weighted by molar-refractivity contribution is 5.64. The Bertz CT molecular complexity index is 989. The van der Waals surface area contributed by atoms with E-state index in [0.29, 0.717) is 13.2 Å². The number of rotatable bonds is 5. The summed E-state index contributed by atoms with van der Waals surface area (Å²) in [4.78, 5) is 14.1. The summed E-state index contributed by atoms with van der Waals surface area (Å²) in [5.41, 5.74) is 2.65. The van der Waals surface area contributed by atoms with Crippen LogP contribution in [0, 0.1) is 15.9 Å². The minimum atomic E-state index is -0.553. The molecule has 1 atom stereocenters. The minimum Gasteiger partial charge on any atom is -0.443 e. The highest BCUT2D eigenvalue weighted by atomic mass is 19.1. The van der Waals surface area contributed by atoms with Crippen LogP contribution in [-0.4, -0.2) is 27.2 Å². The Kier molecular flexibility index (Phi) is 4.55. The first-order valence-corrected chi connectivity index (χ1v) is 8.39. The van der Waals surface area contributed by atoms with Crippen LogP contribution >= 0.6 is 0 Å². The van der Waals surface area contributed by atoms with Crippen molar-refractivity contribution in [2.45, 2.75) is 19.3 Å². The summed E-state index contributed by atoms with van der Waals surface area (Å²) in [5, 5.41) is 10.8. The molecule has 2 aromatic carbocycles. The molecule has 3 aromatic rings. The number of fused-ring (bicyclic) bond motifs is 1. The van der Waals surface area contributed by atoms with Crippen molar-refractivity contribution in [2.24, 2.45) is 0 Å². The smallest absolute Gasteiger partial charge is 0.414 e. The number of hydrogen-bond acceptors (Lipinski definition) is 5. The summed E-state index contributed by atoms with van der Waals surface area (Å²) >= 11 is 0. The van der Waals surface area contributed by atoms with Crippen molar-refractivity contribution in [1.82, 2.24) is 9.55 Å². The number of ether oxygens (including phenoxy) is 2. The fourth-order valence-electron chi connectivity index (χ4n) is 2.98. The van der Waals surface area contributed by atoms with Gasteiger partial charge in [-0.25, -0.2) is 4.39 Å². The Hall–Kier alpha value is -3.26. The Morgan fingerprint density at radius 3 is 2.81 bits per heavy atom. The van der Waals surface area contributed by atoms with Gasteiger partial charge in [-0.3, -0.25) is 4.57 Å². The van der Waals surface area contributed by atoms with Gasteiger partial charge in [-0.05, 0) is 39.8 Å². The van der Waals surface area contributed by atoms with Gasteiger partial charge in [0.25, 0.3) is 0 Å². The molecule has 0 fully saturated rings. The first-order valence-electron chi connectivity index (χ1n) is 8.39. The molecule has 1 aliphatic heterocycles. The van der Waals surface area contributed by atoms with E-state index in [1.165, 1.54) is 18.3 Å². The van der Waals surface area contributed by atoms with Crippen LogP contribution in [0.1, 0.15) is 5.56 Å². The van der Waals surface area contributed by atoms with Gasteiger partial charge in [-0.1, -0.05) is 30.3 Å². The molecule has 138 valence electrons. The summed E-state index contributed by atoms with van der Waals surface area (Å²) in [6, 6.07) is 14.4. The molecular weight excluding hydrogens is 353 g/mol. The molecule has 0 spiro atoms. The molecule has 8 heteroatoms. The average molecular weight is 369 g/mol. The average Bonchev–Trinajstić information content (AvgIpc) is 3.10. The summed E-state index contributed by atoms with van der Waals surface area (Å²) in [6.45, 7) is 1.06. The van der Waals surface area contributed by atoms with Crippen LogP contribution in [0.2, 0.25) is 0 Å². The third-order valence-corrected chi connectivity index (χ3v) is 4.28. The highest BCUT2D eigenvalue weighted by Gasteiger charge is 2.28. The molecule has 1 aliphatic rings. The molecule has 7 nitrogen and oxygen atoms in total. The third-order valence-electron chi connectivity index (χ3n) is 4.28. The molecule has 0 aliphatic carbocycles. The van der Waals surface area contributed by atoms with Gasteiger partial charge >= 0.3 is 11.8 Å². The predicted molar refractivity (Wildman–Crippen MR) is 94.8 cm³/mol. The molecule has 1 aromatic heterocycles. The van der Waals surface area contributed by atoms with Crippen LogP contribution in [0.3, 0.4) is 0 Å². The number of nitro groups is 1. The number of hydrogen-bond donors (Lipinski definition) is 0. The van der Waals surface area contributed by atoms with Crippen molar-refractivity contribution in [3.63, 3.8) is 0 Å². The van der Waals surface area contributed by atoms with Gasteiger partial charge in [-0.2, -0.15) is 0 Å². The molecule has 0 radical (unpaired) electrons. The number of imidazole rings is 1. The predicted octanol–water partition coefficient (Wildman–Crippen LogP) is 3.58. The molecule has 0 unspecified atom stereocenters. The van der Waals surface area contributed by atoms with Crippen molar-refractivity contribution in [1.29, 1.82) is 0 Å². The van der Waals surface area contributed by atoms with Gasteiger partial charge in [0.2, 0.25) is 0 Å². The summed E-state index contributed by atoms with van der Waals surface area (Å²) < 4.78 is 26.3. The van der Waals surface area contributed by atoms with Crippen molar-refractivity contribution >= 4 is 5.82 Å². The van der Waals surface area contributed by atoms with Gasteiger partial charge in [0, 0.05) is 4.98 Å². The van der Waals surface area contributed by atoms with E-state index in [4.69, 9.17) is 9.47 Å². The van der Waals surface area contributed by atoms with E-state index < -0.39 is 4.92 Å². The SMILES string of the molecule is O=[N+]([O-])c1cn2c(n1)OC[C@@H](OCc1cccc(-c3cccc(F)c3)c1)C2. The molecule has 0 saturated heterocycles. The number of halogens is 1. The van der Waals surface area contributed by atoms with E-state index in [2.05, 4.69) is 4.98 Å². The first kappa shape index (κ1) is 17.2. The van der Waals surface area contributed by atoms with Crippen LogP contribution in [0.25, 0.3) is 11.1 Å². The normalized spacial score (nSPS) is 15.8. The topological polar surface area (TPSA) is 79.4 Å². The minimum absolute atomic E-state index is 0.231. The van der Waals surface area contributed by atoms with Gasteiger partial charge in [0.1, 0.15) is 24.7 Å². The standard InChI is InChI=1S/C19H16FN3O4/c20-16-6-2-5-15(8-16)14-4-1-3-13(7-14)11-26-17-9-22-10-18(23(24)25)21-19(22)27-12-17/h1-8,10,17H,9,11-12H2/t17-/m0/s1. The van der Waals surface area contributed by atoms with E-state index in [1.54, 1.807) is 10.6 Å². The highest BCUT2D eigenvalue weighted by Crippen LogP contribution is 2.24. The molecular formula is C19H16FN3O4. The quantitative estimate of drug-likeness (QED) is 0.507. The zero-order valence-electron chi connectivity index (χ0n) is 14.2. The van der Waals surface area contributed by atoms with Gasteiger partial charge in [-0.15, -0.1) is 0 Å². The maximum atomic E-state index is 13.4. The second kappa shape index (κ2) is 7.16. The largest absolute Gasteiger partial charge is 0.443 e. The lowest BCUT2D eigenvalue weighted by molar-refractivity contribution is -0.389. The van der Waals surface area contributed by atoms with Crippen molar-refractivity contribution in [3.8, 4) is 17.1 Å². The fraction of sp³-hybridized carbons (Fsp3) is 0.211. The maximum Gasteiger partial charge on any atom is 0.414 e. The molecule has 27 heavy (non-hydrogen) atoms.